The minimum absolute atomic E-state index is 0.0786. The van der Waals surface area contributed by atoms with Gasteiger partial charge in [0, 0.05) is 25.9 Å². The number of aromatic nitrogens is 1. The molecule has 0 bridgehead atoms. The molecule has 0 atom stereocenters. The van der Waals surface area contributed by atoms with Gasteiger partial charge in [-0.15, -0.1) is 0 Å². The molecule has 41 heavy (non-hydrogen) atoms. The molecule has 0 unspecified atom stereocenters. The lowest BCUT2D eigenvalue weighted by molar-refractivity contribution is -0.191. The maximum Gasteiger partial charge on any atom is 0.250 e. The third-order valence-electron chi connectivity index (χ3n) is 5.40. The van der Waals surface area contributed by atoms with E-state index in [0.717, 1.165) is 47.2 Å². The maximum absolute atomic E-state index is 12.9. The zero-order valence-corrected chi connectivity index (χ0v) is 26.4. The number of carbonyl (C=O) groups excluding carboxylic acids is 3. The molecule has 0 fully saturated rings. The van der Waals surface area contributed by atoms with Crippen LogP contribution in [0, 0.1) is 0 Å². The summed E-state index contributed by atoms with van der Waals surface area (Å²) in [5.74, 6) is -0.00751. The van der Waals surface area contributed by atoms with Crippen molar-refractivity contribution in [3.8, 4) is 0 Å². The third-order valence-corrected chi connectivity index (χ3v) is 6.33. The minimum Gasteiger partial charge on any atom is -0.356 e. The smallest absolute Gasteiger partial charge is 0.250 e. The number of nitrogens with zero attached hydrogens (tertiary/aromatic N) is 2. The van der Waals surface area contributed by atoms with Crippen molar-refractivity contribution in [2.24, 2.45) is 0 Å². The van der Waals surface area contributed by atoms with Gasteiger partial charge in [0.25, 0.3) is 5.91 Å². The first-order valence-electron chi connectivity index (χ1n) is 14.7. The summed E-state index contributed by atoms with van der Waals surface area (Å²) in [7, 11) is 0. The van der Waals surface area contributed by atoms with Crippen LogP contribution >= 0.6 is 11.3 Å². The summed E-state index contributed by atoms with van der Waals surface area (Å²) in [4.78, 5) is 45.6. The summed E-state index contributed by atoms with van der Waals surface area (Å²) in [6, 6.07) is 15.5. The average Bonchev–Trinajstić information content (AvgIpc) is 3.39. The van der Waals surface area contributed by atoms with Crippen molar-refractivity contribution in [1.82, 2.24) is 15.4 Å². The molecule has 2 N–H and O–H groups in total. The Bertz CT molecular complexity index is 1170. The molecule has 0 saturated carbocycles. The quantitative estimate of drug-likeness (QED) is 0.206. The topological polar surface area (TPSA) is 101 Å². The van der Waals surface area contributed by atoms with Crippen LogP contribution in [0.25, 0.3) is 10.2 Å². The van der Waals surface area contributed by atoms with Crippen LogP contribution in [0.4, 0.5) is 5.13 Å². The number of hydroxylamine groups is 2. The van der Waals surface area contributed by atoms with E-state index in [1.54, 1.807) is 6.92 Å². The van der Waals surface area contributed by atoms with Gasteiger partial charge in [0.2, 0.25) is 11.8 Å². The van der Waals surface area contributed by atoms with E-state index in [1.165, 1.54) is 22.8 Å². The molecule has 3 rings (SSSR count). The van der Waals surface area contributed by atoms with Crippen molar-refractivity contribution in [3.05, 3.63) is 59.7 Å². The number of hydrogen-bond donors (Lipinski definition) is 2. The number of amides is 3. The fourth-order valence-electron chi connectivity index (χ4n) is 3.43. The Labute approximate surface area is 249 Å². The monoisotopic (exact) mass is 584 g/mol. The second-order valence-electron chi connectivity index (χ2n) is 9.42. The van der Waals surface area contributed by atoms with E-state index in [1.807, 2.05) is 69.3 Å². The van der Waals surface area contributed by atoms with Crippen molar-refractivity contribution in [2.45, 2.75) is 93.1 Å². The molecule has 0 saturated heterocycles. The first-order chi connectivity index (χ1) is 19.8. The van der Waals surface area contributed by atoms with Crippen LogP contribution in [0.5, 0.6) is 0 Å². The van der Waals surface area contributed by atoms with Gasteiger partial charge in [-0.05, 0) is 36.5 Å². The van der Waals surface area contributed by atoms with Crippen molar-refractivity contribution < 1.29 is 19.2 Å². The lowest BCUT2D eigenvalue weighted by Gasteiger charge is -2.21. The number of anilines is 1. The number of fused-ring (bicyclic) bond motifs is 1. The van der Waals surface area contributed by atoms with Gasteiger partial charge in [0.15, 0.2) is 5.13 Å². The summed E-state index contributed by atoms with van der Waals surface area (Å²) < 4.78 is 0.939. The van der Waals surface area contributed by atoms with Crippen LogP contribution < -0.4 is 10.6 Å². The summed E-state index contributed by atoms with van der Waals surface area (Å²) >= 11 is 1.41. The highest BCUT2D eigenvalue weighted by atomic mass is 32.1. The van der Waals surface area contributed by atoms with E-state index in [0.29, 0.717) is 31.1 Å². The Morgan fingerprint density at radius 2 is 1.59 bits per heavy atom. The first-order valence-corrected chi connectivity index (χ1v) is 15.6. The Hall–Kier alpha value is -3.30. The maximum atomic E-state index is 12.9. The predicted molar refractivity (Wildman–Crippen MR) is 170 cm³/mol. The standard InChI is InChI=1S/C22H25N3O3S.C7H15NO.C3H8/c1-3-13-25(28-15-16-9-6-5-7-10-16)20(27)14-17-11-8-12-18-21(17)24-22(29-18)23-19(26)4-2;1-3-5-7(9)8-6-4-2;1-3-2/h5-12H,3-4,13-15H2,1-2H3,(H,23,24,26);3-6H2,1-2H3,(H,8,9);3H2,1-2H3. The molecule has 0 aliphatic carbocycles. The fraction of sp³-hybridized carbons (Fsp3) is 0.500. The van der Waals surface area contributed by atoms with Crippen LogP contribution in [0.15, 0.2) is 48.5 Å². The SMILES string of the molecule is CCC.CCCN(OCc1ccccc1)C(=O)Cc1cccc2sc(NC(=O)CC)nc12.CCCNC(=O)CCC. The molecule has 3 aromatic rings. The highest BCUT2D eigenvalue weighted by molar-refractivity contribution is 7.22. The molecular formula is C32H48N4O4S. The van der Waals surface area contributed by atoms with E-state index >= 15 is 0 Å². The normalized spacial score (nSPS) is 10.1. The van der Waals surface area contributed by atoms with E-state index in [9.17, 15) is 14.4 Å². The number of carbonyl (C=O) groups is 3. The molecule has 1 heterocycles. The summed E-state index contributed by atoms with van der Waals surface area (Å²) in [5, 5.41) is 7.58. The number of nitrogens with one attached hydrogen (secondary N) is 2. The molecular weight excluding hydrogens is 536 g/mol. The first kappa shape index (κ1) is 35.7. The molecule has 3 amide bonds. The summed E-state index contributed by atoms with van der Waals surface area (Å²) in [6.45, 7) is 13.8. The highest BCUT2D eigenvalue weighted by Crippen LogP contribution is 2.29. The lowest BCUT2D eigenvalue weighted by atomic mass is 10.1. The number of thiazole rings is 1. The molecule has 1 aromatic heterocycles. The van der Waals surface area contributed by atoms with E-state index in [-0.39, 0.29) is 24.1 Å². The van der Waals surface area contributed by atoms with E-state index in [2.05, 4.69) is 29.5 Å². The Kier molecular flexibility index (Phi) is 18.7. The molecule has 9 heteroatoms. The molecule has 0 aliphatic heterocycles. The second-order valence-corrected chi connectivity index (χ2v) is 10.5. The number of rotatable bonds is 13. The van der Waals surface area contributed by atoms with Gasteiger partial charge in [-0.1, -0.05) is 102 Å². The zero-order chi connectivity index (χ0) is 30.5. The number of hydrogen-bond acceptors (Lipinski definition) is 6. The van der Waals surface area contributed by atoms with Crippen LogP contribution in [0.1, 0.15) is 91.2 Å². The van der Waals surface area contributed by atoms with E-state index in [4.69, 9.17) is 4.84 Å². The average molecular weight is 585 g/mol. The highest BCUT2D eigenvalue weighted by Gasteiger charge is 2.18. The molecule has 226 valence electrons. The molecule has 0 spiro atoms. The summed E-state index contributed by atoms with van der Waals surface area (Å²) in [6.07, 6.45) is 5.27. The van der Waals surface area contributed by atoms with Crippen molar-refractivity contribution >= 4 is 44.4 Å². The molecule has 2 aromatic carbocycles. The second kappa shape index (κ2) is 21.4. The van der Waals surface area contributed by atoms with Crippen molar-refractivity contribution in [1.29, 1.82) is 0 Å². The fourth-order valence-corrected chi connectivity index (χ4v) is 4.36. The van der Waals surface area contributed by atoms with Crippen molar-refractivity contribution in [3.63, 3.8) is 0 Å². The molecule has 0 aliphatic rings. The van der Waals surface area contributed by atoms with Gasteiger partial charge in [0.05, 0.1) is 16.6 Å². The van der Waals surface area contributed by atoms with E-state index < -0.39 is 0 Å². The lowest BCUT2D eigenvalue weighted by Crippen LogP contribution is -2.33. The van der Waals surface area contributed by atoms with Crippen LogP contribution in [-0.4, -0.2) is 40.9 Å². The zero-order valence-electron chi connectivity index (χ0n) is 25.6. The number of benzene rings is 2. The minimum atomic E-state index is -0.109. The summed E-state index contributed by atoms with van der Waals surface area (Å²) in [5.41, 5.74) is 2.58. The molecule has 8 nitrogen and oxygen atoms in total. The van der Waals surface area contributed by atoms with Gasteiger partial charge in [0.1, 0.15) is 6.61 Å². The van der Waals surface area contributed by atoms with Gasteiger partial charge in [-0.3, -0.25) is 19.2 Å². The largest absolute Gasteiger partial charge is 0.356 e. The van der Waals surface area contributed by atoms with Crippen LogP contribution in [0.2, 0.25) is 0 Å². The Balaban J connectivity index is 0.000000592. The van der Waals surface area contributed by atoms with Gasteiger partial charge in [-0.2, -0.15) is 0 Å². The van der Waals surface area contributed by atoms with Gasteiger partial charge >= 0.3 is 0 Å². The van der Waals surface area contributed by atoms with Crippen LogP contribution in [-0.2, 0) is 32.2 Å². The predicted octanol–water partition coefficient (Wildman–Crippen LogP) is 7.29. The Morgan fingerprint density at radius 1 is 0.878 bits per heavy atom. The third kappa shape index (κ3) is 14.2. The number of para-hydroxylation sites is 1. The van der Waals surface area contributed by atoms with Gasteiger partial charge in [-0.25, -0.2) is 10.0 Å². The van der Waals surface area contributed by atoms with Crippen LogP contribution in [0.3, 0.4) is 0 Å². The molecule has 0 radical (unpaired) electrons. The Morgan fingerprint density at radius 3 is 2.20 bits per heavy atom. The van der Waals surface area contributed by atoms with Gasteiger partial charge < -0.3 is 10.6 Å². The van der Waals surface area contributed by atoms with Crippen molar-refractivity contribution in [2.75, 3.05) is 18.4 Å².